The molecule has 0 aromatic carbocycles. The van der Waals surface area contributed by atoms with Crippen LogP contribution in [-0.4, -0.2) is 11.8 Å². The first-order valence-electron chi connectivity index (χ1n) is 4.34. The minimum Gasteiger partial charge on any atom is -0.404 e. The predicted octanol–water partition coefficient (Wildman–Crippen LogP) is 2.35. The van der Waals surface area contributed by atoms with Crippen LogP contribution in [-0.2, 0) is 0 Å². The van der Waals surface area contributed by atoms with E-state index in [9.17, 15) is 0 Å². The van der Waals surface area contributed by atoms with Crippen molar-refractivity contribution in [2.24, 2.45) is 16.6 Å². The fraction of sp³-hybridized carbons (Fsp3) is 0.700. The van der Waals surface area contributed by atoms with Crippen molar-refractivity contribution in [3.8, 4) is 0 Å². The number of nitrogens with two attached hydrogens (primary N) is 1. The van der Waals surface area contributed by atoms with Crippen molar-refractivity contribution in [3.05, 3.63) is 11.8 Å². The van der Waals surface area contributed by atoms with Crippen LogP contribution in [0.3, 0.4) is 0 Å². The summed E-state index contributed by atoms with van der Waals surface area (Å²) < 4.78 is 0. The standard InChI is InChI=1S/C10H20N2/c1-8(2)9(6-11)7-12-10(3,4)5/h6-8H,11H2,1-5H3/b9-6+,12-7?. The Bertz CT molecular complexity index is 183. The van der Waals surface area contributed by atoms with Gasteiger partial charge in [0.05, 0.1) is 5.54 Å². The van der Waals surface area contributed by atoms with Gasteiger partial charge in [-0.1, -0.05) is 13.8 Å². The molecule has 70 valence electrons. The smallest absolute Gasteiger partial charge is 0.0524 e. The SMILES string of the molecule is CC(C)/C(C=NC(C)(C)C)=C/N. The molecule has 2 nitrogen and oxygen atoms in total. The molecule has 0 saturated carbocycles. The zero-order valence-electron chi connectivity index (χ0n) is 8.76. The summed E-state index contributed by atoms with van der Waals surface area (Å²) in [5.41, 5.74) is 6.53. The molecular weight excluding hydrogens is 148 g/mol. The largest absolute Gasteiger partial charge is 0.404 e. The zero-order chi connectivity index (χ0) is 9.78. The van der Waals surface area contributed by atoms with Crippen molar-refractivity contribution >= 4 is 6.21 Å². The monoisotopic (exact) mass is 168 g/mol. The molecule has 0 spiro atoms. The van der Waals surface area contributed by atoms with Crippen LogP contribution < -0.4 is 5.73 Å². The van der Waals surface area contributed by atoms with Crippen LogP contribution in [0.5, 0.6) is 0 Å². The predicted molar refractivity (Wildman–Crippen MR) is 55.4 cm³/mol. The minimum atomic E-state index is -0.0108. The molecule has 0 fully saturated rings. The molecule has 0 atom stereocenters. The molecule has 0 aliphatic heterocycles. The average Bonchev–Trinajstić information content (AvgIpc) is 1.85. The third-order valence-electron chi connectivity index (χ3n) is 1.46. The third-order valence-corrected chi connectivity index (χ3v) is 1.46. The maximum Gasteiger partial charge on any atom is 0.0524 e. The van der Waals surface area contributed by atoms with Crippen LogP contribution in [0.15, 0.2) is 16.8 Å². The zero-order valence-corrected chi connectivity index (χ0v) is 8.76. The van der Waals surface area contributed by atoms with Crippen LogP contribution in [0.1, 0.15) is 34.6 Å². The number of rotatable bonds is 2. The van der Waals surface area contributed by atoms with Crippen molar-refractivity contribution in [2.45, 2.75) is 40.2 Å². The van der Waals surface area contributed by atoms with Crippen molar-refractivity contribution in [1.29, 1.82) is 0 Å². The van der Waals surface area contributed by atoms with Gasteiger partial charge in [-0.15, -0.1) is 0 Å². The average molecular weight is 168 g/mol. The maximum absolute atomic E-state index is 5.45. The van der Waals surface area contributed by atoms with Crippen LogP contribution in [0.2, 0.25) is 0 Å². The van der Waals surface area contributed by atoms with E-state index in [1.165, 1.54) is 0 Å². The molecule has 12 heavy (non-hydrogen) atoms. The lowest BCUT2D eigenvalue weighted by Crippen LogP contribution is -2.11. The highest BCUT2D eigenvalue weighted by atomic mass is 14.8. The van der Waals surface area contributed by atoms with E-state index in [2.05, 4.69) is 39.6 Å². The quantitative estimate of drug-likeness (QED) is 0.631. The van der Waals surface area contributed by atoms with E-state index in [-0.39, 0.29) is 5.54 Å². The summed E-state index contributed by atoms with van der Waals surface area (Å²) in [6, 6.07) is 0. The van der Waals surface area contributed by atoms with Gasteiger partial charge >= 0.3 is 0 Å². The van der Waals surface area contributed by atoms with Crippen molar-refractivity contribution in [1.82, 2.24) is 0 Å². The first-order chi connectivity index (χ1) is 5.37. The molecule has 0 saturated heterocycles. The normalized spacial score (nSPS) is 14.7. The Balaban J connectivity index is 4.33. The fourth-order valence-corrected chi connectivity index (χ4v) is 0.653. The van der Waals surface area contributed by atoms with Gasteiger partial charge in [-0.2, -0.15) is 0 Å². The summed E-state index contributed by atoms with van der Waals surface area (Å²) in [4.78, 5) is 4.38. The van der Waals surface area contributed by atoms with Crippen LogP contribution in [0.4, 0.5) is 0 Å². The Morgan fingerprint density at radius 1 is 1.33 bits per heavy atom. The molecule has 0 aromatic heterocycles. The minimum absolute atomic E-state index is 0.0108. The van der Waals surface area contributed by atoms with Crippen molar-refractivity contribution < 1.29 is 0 Å². The second kappa shape index (κ2) is 4.29. The highest BCUT2D eigenvalue weighted by molar-refractivity contribution is 5.79. The molecule has 0 heterocycles. The van der Waals surface area contributed by atoms with Gasteiger partial charge in [0, 0.05) is 6.21 Å². The first-order valence-corrected chi connectivity index (χ1v) is 4.34. The van der Waals surface area contributed by atoms with E-state index in [0.717, 1.165) is 5.57 Å². The molecule has 0 bridgehead atoms. The maximum atomic E-state index is 5.45. The number of hydrogen-bond acceptors (Lipinski definition) is 2. The molecule has 2 N–H and O–H groups in total. The number of hydrogen-bond donors (Lipinski definition) is 1. The lowest BCUT2D eigenvalue weighted by molar-refractivity contribution is 0.585. The van der Waals surface area contributed by atoms with E-state index in [1.807, 2.05) is 6.21 Å². The molecule has 0 radical (unpaired) electrons. The van der Waals surface area contributed by atoms with Crippen LogP contribution >= 0.6 is 0 Å². The van der Waals surface area contributed by atoms with E-state index in [4.69, 9.17) is 5.73 Å². The molecule has 2 heteroatoms. The topological polar surface area (TPSA) is 38.4 Å². The molecule has 0 unspecified atom stereocenters. The van der Waals surface area contributed by atoms with Crippen molar-refractivity contribution in [2.75, 3.05) is 0 Å². The number of nitrogens with zero attached hydrogens (tertiary/aromatic N) is 1. The van der Waals surface area contributed by atoms with Gasteiger partial charge in [-0.3, -0.25) is 4.99 Å². The second-order valence-corrected chi connectivity index (χ2v) is 4.25. The lowest BCUT2D eigenvalue weighted by atomic mass is 10.1. The Morgan fingerprint density at radius 2 is 1.83 bits per heavy atom. The highest BCUT2D eigenvalue weighted by Gasteiger charge is 2.06. The molecule has 0 aliphatic carbocycles. The number of allylic oxidation sites excluding steroid dienone is 1. The number of aliphatic imine (C=N–C) groups is 1. The lowest BCUT2D eigenvalue weighted by Gasteiger charge is -2.12. The van der Waals surface area contributed by atoms with Gasteiger partial charge in [-0.05, 0) is 38.5 Å². The van der Waals surface area contributed by atoms with Gasteiger partial charge in [0.15, 0.2) is 0 Å². The van der Waals surface area contributed by atoms with Crippen LogP contribution in [0, 0.1) is 5.92 Å². The molecule has 0 aromatic rings. The Morgan fingerprint density at radius 3 is 2.08 bits per heavy atom. The summed E-state index contributed by atoms with van der Waals surface area (Å²) >= 11 is 0. The van der Waals surface area contributed by atoms with Gasteiger partial charge in [-0.25, -0.2) is 0 Å². The summed E-state index contributed by atoms with van der Waals surface area (Å²) in [5, 5.41) is 0. The van der Waals surface area contributed by atoms with Gasteiger partial charge in [0.1, 0.15) is 0 Å². The molecular formula is C10H20N2. The third kappa shape index (κ3) is 4.94. The summed E-state index contributed by atoms with van der Waals surface area (Å²) in [5.74, 6) is 0.445. The summed E-state index contributed by atoms with van der Waals surface area (Å²) in [6.07, 6.45) is 3.49. The van der Waals surface area contributed by atoms with Gasteiger partial charge < -0.3 is 5.73 Å². The first kappa shape index (κ1) is 11.2. The molecule has 0 rings (SSSR count). The molecule has 0 aliphatic rings. The van der Waals surface area contributed by atoms with Gasteiger partial charge in [0.2, 0.25) is 0 Å². The van der Waals surface area contributed by atoms with Gasteiger partial charge in [0.25, 0.3) is 0 Å². The van der Waals surface area contributed by atoms with E-state index in [0.29, 0.717) is 5.92 Å². The highest BCUT2D eigenvalue weighted by Crippen LogP contribution is 2.09. The van der Waals surface area contributed by atoms with E-state index in [1.54, 1.807) is 6.20 Å². The Hall–Kier alpha value is -0.790. The summed E-state index contributed by atoms with van der Waals surface area (Å²) in [7, 11) is 0. The van der Waals surface area contributed by atoms with Crippen LogP contribution in [0.25, 0.3) is 0 Å². The second-order valence-electron chi connectivity index (χ2n) is 4.25. The van der Waals surface area contributed by atoms with E-state index >= 15 is 0 Å². The Kier molecular flexibility index (Phi) is 4.01. The fourth-order valence-electron chi connectivity index (χ4n) is 0.653. The molecule has 0 amide bonds. The van der Waals surface area contributed by atoms with E-state index < -0.39 is 0 Å². The summed E-state index contributed by atoms with van der Waals surface area (Å²) in [6.45, 7) is 10.4. The van der Waals surface area contributed by atoms with Crippen molar-refractivity contribution in [3.63, 3.8) is 0 Å². The Labute approximate surface area is 75.6 Å².